The highest BCUT2D eigenvalue weighted by molar-refractivity contribution is 5.89. The van der Waals surface area contributed by atoms with Crippen LogP contribution in [0, 0.1) is 11.6 Å². The zero-order valence-corrected chi connectivity index (χ0v) is 14.0. The summed E-state index contributed by atoms with van der Waals surface area (Å²) in [5, 5.41) is 12.1. The predicted octanol–water partition coefficient (Wildman–Crippen LogP) is 3.52. The van der Waals surface area contributed by atoms with E-state index in [0.29, 0.717) is 0 Å². The molecule has 1 saturated carbocycles. The van der Waals surface area contributed by atoms with Gasteiger partial charge in [0.2, 0.25) is 0 Å². The van der Waals surface area contributed by atoms with Crippen LogP contribution in [0.2, 0.25) is 0 Å². The summed E-state index contributed by atoms with van der Waals surface area (Å²) in [7, 11) is 1.24. The third-order valence-electron chi connectivity index (χ3n) is 4.22. The molecule has 1 aromatic rings. The van der Waals surface area contributed by atoms with Gasteiger partial charge in [0.05, 0.1) is 18.9 Å². The molecule has 1 fully saturated rings. The standard InChI is InChI=1S/C17H24F2N2O3/c1-11(22)10-21(12-6-4-3-5-7-12)17(23)20-15-8-14(19)16(24-2)9-13(15)18/h8-9,11-12,22H,3-7,10H2,1-2H3,(H,20,23)/t11-/m1/s1. The predicted molar refractivity (Wildman–Crippen MR) is 87.2 cm³/mol. The largest absolute Gasteiger partial charge is 0.494 e. The summed E-state index contributed by atoms with van der Waals surface area (Å²) < 4.78 is 32.5. The number of hydrogen-bond acceptors (Lipinski definition) is 3. The van der Waals surface area contributed by atoms with E-state index in [4.69, 9.17) is 4.74 Å². The number of benzene rings is 1. The van der Waals surface area contributed by atoms with Crippen molar-refractivity contribution in [1.82, 2.24) is 4.90 Å². The van der Waals surface area contributed by atoms with Crippen LogP contribution in [0.4, 0.5) is 19.3 Å². The Morgan fingerprint density at radius 3 is 2.58 bits per heavy atom. The molecule has 5 nitrogen and oxygen atoms in total. The normalized spacial score (nSPS) is 16.5. The number of hydrogen-bond donors (Lipinski definition) is 2. The number of halogens is 2. The number of ether oxygens (including phenoxy) is 1. The summed E-state index contributed by atoms with van der Waals surface area (Å²) in [6.07, 6.45) is 4.15. The van der Waals surface area contributed by atoms with Crippen molar-refractivity contribution in [3.8, 4) is 5.75 Å². The van der Waals surface area contributed by atoms with E-state index >= 15 is 0 Å². The van der Waals surface area contributed by atoms with Crippen LogP contribution in [0.5, 0.6) is 5.75 Å². The van der Waals surface area contributed by atoms with Gasteiger partial charge in [-0.25, -0.2) is 13.6 Å². The lowest BCUT2D eigenvalue weighted by Crippen LogP contribution is -2.47. The minimum absolute atomic E-state index is 0.000457. The maximum absolute atomic E-state index is 14.0. The monoisotopic (exact) mass is 342 g/mol. The molecule has 2 rings (SSSR count). The SMILES string of the molecule is COc1cc(F)c(NC(=O)N(C[C@@H](C)O)C2CCCCC2)cc1F. The van der Waals surface area contributed by atoms with Crippen molar-refractivity contribution in [1.29, 1.82) is 0 Å². The van der Waals surface area contributed by atoms with Crippen molar-refractivity contribution < 1.29 is 23.4 Å². The number of nitrogens with zero attached hydrogens (tertiary/aromatic N) is 1. The molecule has 2 N–H and O–H groups in total. The van der Waals surface area contributed by atoms with Crippen molar-refractivity contribution in [3.05, 3.63) is 23.8 Å². The first kappa shape index (κ1) is 18.4. The molecule has 0 spiro atoms. The summed E-state index contributed by atoms with van der Waals surface area (Å²) in [6, 6.07) is 1.25. The number of anilines is 1. The van der Waals surface area contributed by atoms with Crippen LogP contribution in [0.25, 0.3) is 0 Å². The lowest BCUT2D eigenvalue weighted by molar-refractivity contribution is 0.105. The van der Waals surface area contributed by atoms with Gasteiger partial charge >= 0.3 is 6.03 Å². The number of carbonyl (C=O) groups excluding carboxylic acids is 1. The van der Waals surface area contributed by atoms with E-state index in [1.165, 1.54) is 12.0 Å². The van der Waals surface area contributed by atoms with Crippen molar-refractivity contribution >= 4 is 11.7 Å². The molecule has 0 aromatic heterocycles. The third-order valence-corrected chi connectivity index (χ3v) is 4.22. The van der Waals surface area contributed by atoms with Gasteiger partial charge in [0.1, 0.15) is 0 Å². The Hall–Kier alpha value is -1.89. The van der Waals surface area contributed by atoms with Gasteiger partial charge in [-0.1, -0.05) is 19.3 Å². The molecule has 0 radical (unpaired) electrons. The number of aliphatic hydroxyl groups is 1. The van der Waals surface area contributed by atoms with Gasteiger partial charge in [0.25, 0.3) is 0 Å². The van der Waals surface area contributed by atoms with Gasteiger partial charge in [-0.2, -0.15) is 0 Å². The topological polar surface area (TPSA) is 61.8 Å². The highest BCUT2D eigenvalue weighted by atomic mass is 19.1. The zero-order chi connectivity index (χ0) is 17.7. The second kappa shape index (κ2) is 8.28. The average molecular weight is 342 g/mol. The van der Waals surface area contributed by atoms with Gasteiger partial charge < -0.3 is 20.1 Å². The molecule has 0 heterocycles. The molecule has 1 aliphatic carbocycles. The first-order valence-electron chi connectivity index (χ1n) is 8.21. The Balaban J connectivity index is 2.16. The van der Waals surface area contributed by atoms with Crippen molar-refractivity contribution in [2.75, 3.05) is 19.0 Å². The Kier molecular flexibility index (Phi) is 6.36. The molecule has 0 saturated heterocycles. The van der Waals surface area contributed by atoms with E-state index in [-0.39, 0.29) is 24.0 Å². The molecule has 1 aliphatic rings. The Morgan fingerprint density at radius 2 is 2.00 bits per heavy atom. The molecule has 24 heavy (non-hydrogen) atoms. The summed E-state index contributed by atoms with van der Waals surface area (Å²) in [4.78, 5) is 14.1. The summed E-state index contributed by atoms with van der Waals surface area (Å²) in [5.41, 5.74) is -0.246. The second-order valence-corrected chi connectivity index (χ2v) is 6.19. The lowest BCUT2D eigenvalue weighted by Gasteiger charge is -2.35. The molecule has 2 amide bonds. The minimum atomic E-state index is -0.776. The number of urea groups is 1. The Bertz CT molecular complexity index is 575. The quantitative estimate of drug-likeness (QED) is 0.861. The molecule has 0 bridgehead atoms. The molecule has 0 unspecified atom stereocenters. The second-order valence-electron chi connectivity index (χ2n) is 6.19. The smallest absolute Gasteiger partial charge is 0.322 e. The van der Waals surface area contributed by atoms with Gasteiger partial charge in [0.15, 0.2) is 17.4 Å². The molecule has 7 heteroatoms. The maximum Gasteiger partial charge on any atom is 0.322 e. The van der Waals surface area contributed by atoms with E-state index in [1.807, 2.05) is 0 Å². The van der Waals surface area contributed by atoms with Crippen LogP contribution in [0.3, 0.4) is 0 Å². The first-order valence-corrected chi connectivity index (χ1v) is 8.21. The summed E-state index contributed by atoms with van der Waals surface area (Å²) >= 11 is 0. The number of carbonyl (C=O) groups is 1. The maximum atomic E-state index is 14.0. The third kappa shape index (κ3) is 4.56. The first-order chi connectivity index (χ1) is 11.4. The number of nitrogens with one attached hydrogen (secondary N) is 1. The van der Waals surface area contributed by atoms with Crippen LogP contribution in [0.15, 0.2) is 12.1 Å². The van der Waals surface area contributed by atoms with Crippen LogP contribution >= 0.6 is 0 Å². The fraction of sp³-hybridized carbons (Fsp3) is 0.588. The number of rotatable bonds is 5. The van der Waals surface area contributed by atoms with Gasteiger partial charge in [0, 0.05) is 24.7 Å². The van der Waals surface area contributed by atoms with Crippen molar-refractivity contribution in [2.45, 2.75) is 51.2 Å². The lowest BCUT2D eigenvalue weighted by atomic mass is 9.94. The molecular formula is C17H24F2N2O3. The van der Waals surface area contributed by atoms with E-state index in [9.17, 15) is 18.7 Å². The fourth-order valence-electron chi connectivity index (χ4n) is 3.04. The van der Waals surface area contributed by atoms with Crippen molar-refractivity contribution in [2.24, 2.45) is 0 Å². The Morgan fingerprint density at radius 1 is 1.33 bits per heavy atom. The summed E-state index contributed by atoms with van der Waals surface area (Å²) in [6.45, 7) is 1.74. The Labute approximate surface area is 140 Å². The highest BCUT2D eigenvalue weighted by Crippen LogP contribution is 2.27. The zero-order valence-electron chi connectivity index (χ0n) is 14.0. The molecular weight excluding hydrogens is 318 g/mol. The van der Waals surface area contributed by atoms with Crippen LogP contribution in [0.1, 0.15) is 39.0 Å². The molecule has 1 aromatic carbocycles. The van der Waals surface area contributed by atoms with Crippen molar-refractivity contribution in [3.63, 3.8) is 0 Å². The van der Waals surface area contributed by atoms with E-state index in [1.54, 1.807) is 6.92 Å². The number of methoxy groups -OCH3 is 1. The summed E-state index contributed by atoms with van der Waals surface area (Å²) in [5.74, 6) is -1.75. The van der Waals surface area contributed by atoms with E-state index < -0.39 is 23.8 Å². The van der Waals surface area contributed by atoms with Gasteiger partial charge in [-0.3, -0.25) is 0 Å². The average Bonchev–Trinajstić information content (AvgIpc) is 2.56. The highest BCUT2D eigenvalue weighted by Gasteiger charge is 2.27. The van der Waals surface area contributed by atoms with Gasteiger partial charge in [-0.05, 0) is 19.8 Å². The van der Waals surface area contributed by atoms with E-state index in [2.05, 4.69) is 5.32 Å². The molecule has 134 valence electrons. The number of aliphatic hydroxyl groups excluding tert-OH is 1. The molecule has 0 aliphatic heterocycles. The van der Waals surface area contributed by atoms with Crippen LogP contribution in [-0.4, -0.2) is 41.8 Å². The van der Waals surface area contributed by atoms with Crippen LogP contribution < -0.4 is 10.1 Å². The van der Waals surface area contributed by atoms with Crippen LogP contribution in [-0.2, 0) is 0 Å². The fourth-order valence-corrected chi connectivity index (χ4v) is 3.04. The van der Waals surface area contributed by atoms with E-state index in [0.717, 1.165) is 44.2 Å². The molecule has 1 atom stereocenters. The number of amides is 2. The minimum Gasteiger partial charge on any atom is -0.494 e. The van der Waals surface area contributed by atoms with Gasteiger partial charge in [-0.15, -0.1) is 0 Å².